The number of fused-ring (bicyclic) bond motifs is 3. The molecule has 0 bridgehead atoms. The Morgan fingerprint density at radius 1 is 1.27 bits per heavy atom. The molecule has 4 rings (SSSR count). The summed E-state index contributed by atoms with van der Waals surface area (Å²) in [5, 5.41) is 11.5. The van der Waals surface area contributed by atoms with Crippen LogP contribution in [0.15, 0.2) is 47.1 Å². The zero-order valence-corrected chi connectivity index (χ0v) is 13.7. The fraction of sp³-hybridized carbons (Fsp3) is 0.235. The fourth-order valence-corrected chi connectivity index (χ4v) is 3.55. The second-order valence-corrected chi connectivity index (χ2v) is 6.57. The number of aliphatic hydroxyl groups is 1. The quantitative estimate of drug-likeness (QED) is 0.726. The van der Waals surface area contributed by atoms with Crippen molar-refractivity contribution in [1.82, 2.24) is 9.38 Å². The summed E-state index contributed by atoms with van der Waals surface area (Å²) in [5.41, 5.74) is 3.09. The van der Waals surface area contributed by atoms with E-state index in [2.05, 4.69) is 20.9 Å². The lowest BCUT2D eigenvalue weighted by Crippen LogP contribution is -2.39. The molecule has 0 saturated heterocycles. The number of aryl methyl sites for hydroxylation is 1. The van der Waals surface area contributed by atoms with Crippen LogP contribution in [0.5, 0.6) is 0 Å². The summed E-state index contributed by atoms with van der Waals surface area (Å²) in [6, 6.07) is 11.7. The van der Waals surface area contributed by atoms with Crippen molar-refractivity contribution in [3.63, 3.8) is 0 Å². The van der Waals surface area contributed by atoms with Gasteiger partial charge < -0.3 is 9.84 Å². The number of hydrogen-bond acceptors (Lipinski definition) is 3. The maximum absolute atomic E-state index is 11.5. The zero-order valence-electron chi connectivity index (χ0n) is 12.1. The average Bonchev–Trinajstić information content (AvgIpc) is 2.87. The van der Waals surface area contributed by atoms with Crippen molar-refractivity contribution in [1.29, 1.82) is 0 Å². The van der Waals surface area contributed by atoms with Crippen molar-refractivity contribution >= 4 is 21.6 Å². The molecule has 0 fully saturated rings. The van der Waals surface area contributed by atoms with Crippen LogP contribution in [0.2, 0.25) is 0 Å². The average molecular weight is 359 g/mol. The molecule has 4 nitrogen and oxygen atoms in total. The third-order valence-corrected chi connectivity index (χ3v) is 4.66. The SMILES string of the molecule is Cc1ccccc1C1(O)COCc2nc3ccc(Br)cn3c21. The lowest BCUT2D eigenvalue weighted by atomic mass is 9.86. The van der Waals surface area contributed by atoms with E-state index in [-0.39, 0.29) is 6.61 Å². The zero-order chi connectivity index (χ0) is 15.3. The van der Waals surface area contributed by atoms with Gasteiger partial charge in [0.25, 0.3) is 0 Å². The molecule has 1 aromatic carbocycles. The van der Waals surface area contributed by atoms with Crippen LogP contribution < -0.4 is 0 Å². The summed E-state index contributed by atoms with van der Waals surface area (Å²) in [7, 11) is 0. The van der Waals surface area contributed by atoms with Gasteiger partial charge in [0.05, 0.1) is 24.6 Å². The van der Waals surface area contributed by atoms with E-state index < -0.39 is 5.60 Å². The number of aromatic nitrogens is 2. The lowest BCUT2D eigenvalue weighted by Gasteiger charge is -2.33. The summed E-state index contributed by atoms with van der Waals surface area (Å²) < 4.78 is 8.54. The molecule has 1 unspecified atom stereocenters. The van der Waals surface area contributed by atoms with Gasteiger partial charge in [0, 0.05) is 10.7 Å². The number of ether oxygens (including phenoxy) is 1. The molecule has 0 spiro atoms. The highest BCUT2D eigenvalue weighted by Crippen LogP contribution is 2.38. The highest BCUT2D eigenvalue weighted by molar-refractivity contribution is 9.10. The standard InChI is InChI=1S/C17H15BrN2O2/c1-11-4-2-3-5-13(11)17(21)10-22-9-14-16(17)20-8-12(18)6-7-15(20)19-14/h2-8,21H,9-10H2,1H3. The monoisotopic (exact) mass is 358 g/mol. The van der Waals surface area contributed by atoms with Crippen molar-refractivity contribution < 1.29 is 9.84 Å². The third-order valence-electron chi connectivity index (χ3n) is 4.19. The number of imidazole rings is 1. The number of hydrogen-bond donors (Lipinski definition) is 1. The predicted molar refractivity (Wildman–Crippen MR) is 86.7 cm³/mol. The first kappa shape index (κ1) is 13.9. The van der Waals surface area contributed by atoms with Gasteiger partial charge in [0.2, 0.25) is 0 Å². The van der Waals surface area contributed by atoms with Gasteiger partial charge in [-0.05, 0) is 46.1 Å². The van der Waals surface area contributed by atoms with Crippen LogP contribution in [-0.4, -0.2) is 21.1 Å². The minimum absolute atomic E-state index is 0.227. The molecule has 1 atom stereocenters. The van der Waals surface area contributed by atoms with E-state index in [1.54, 1.807) is 0 Å². The number of nitrogens with zero attached hydrogens (tertiary/aromatic N) is 2. The fourth-order valence-electron chi connectivity index (χ4n) is 3.21. The number of pyridine rings is 1. The minimum atomic E-state index is -1.20. The van der Waals surface area contributed by atoms with Gasteiger partial charge in [-0.2, -0.15) is 0 Å². The van der Waals surface area contributed by atoms with Crippen LogP contribution in [0.1, 0.15) is 22.5 Å². The van der Waals surface area contributed by atoms with Gasteiger partial charge in [-0.25, -0.2) is 4.98 Å². The first-order valence-electron chi connectivity index (χ1n) is 7.13. The molecule has 1 aliphatic rings. The van der Waals surface area contributed by atoms with E-state index in [1.165, 1.54) is 0 Å². The highest BCUT2D eigenvalue weighted by atomic mass is 79.9. The van der Waals surface area contributed by atoms with E-state index in [9.17, 15) is 5.11 Å². The largest absolute Gasteiger partial charge is 0.376 e. The van der Waals surface area contributed by atoms with Crippen LogP contribution >= 0.6 is 15.9 Å². The molecule has 1 N–H and O–H groups in total. The van der Waals surface area contributed by atoms with Gasteiger partial charge in [-0.1, -0.05) is 24.3 Å². The molecule has 22 heavy (non-hydrogen) atoms. The first-order chi connectivity index (χ1) is 10.6. The molecule has 0 aliphatic carbocycles. The van der Waals surface area contributed by atoms with Gasteiger partial charge >= 0.3 is 0 Å². The van der Waals surface area contributed by atoms with E-state index in [4.69, 9.17) is 4.74 Å². The third kappa shape index (κ3) is 1.93. The maximum atomic E-state index is 11.5. The van der Waals surface area contributed by atoms with Gasteiger partial charge in [0.1, 0.15) is 5.65 Å². The Bertz CT molecular complexity index is 874. The van der Waals surface area contributed by atoms with E-state index in [0.29, 0.717) is 6.61 Å². The van der Waals surface area contributed by atoms with E-state index in [1.807, 2.05) is 53.9 Å². The molecule has 1 aliphatic heterocycles. The lowest BCUT2D eigenvalue weighted by molar-refractivity contribution is -0.0502. The van der Waals surface area contributed by atoms with Crippen molar-refractivity contribution in [2.24, 2.45) is 0 Å². The summed E-state index contributed by atoms with van der Waals surface area (Å²) in [5.74, 6) is 0. The normalized spacial score (nSPS) is 21.0. The second-order valence-electron chi connectivity index (χ2n) is 5.65. The topological polar surface area (TPSA) is 46.8 Å². The molecular formula is C17H15BrN2O2. The maximum Gasteiger partial charge on any atom is 0.155 e. The Labute approximate surface area is 136 Å². The Morgan fingerprint density at radius 2 is 2.09 bits per heavy atom. The Morgan fingerprint density at radius 3 is 2.91 bits per heavy atom. The van der Waals surface area contributed by atoms with Crippen LogP contribution in [0.3, 0.4) is 0 Å². The Balaban J connectivity index is 2.04. The molecule has 0 amide bonds. The second kappa shape index (κ2) is 4.91. The molecule has 3 aromatic rings. The molecule has 0 radical (unpaired) electrons. The van der Waals surface area contributed by atoms with E-state index >= 15 is 0 Å². The molecule has 0 saturated carbocycles. The number of halogens is 1. The van der Waals surface area contributed by atoms with Crippen molar-refractivity contribution in [2.45, 2.75) is 19.1 Å². The van der Waals surface area contributed by atoms with Crippen molar-refractivity contribution in [2.75, 3.05) is 6.61 Å². The van der Waals surface area contributed by atoms with Gasteiger partial charge in [-0.3, -0.25) is 4.40 Å². The minimum Gasteiger partial charge on any atom is -0.376 e. The molecule has 2 aromatic heterocycles. The van der Waals surface area contributed by atoms with Crippen molar-refractivity contribution in [3.8, 4) is 0 Å². The van der Waals surface area contributed by atoms with Crippen molar-refractivity contribution in [3.05, 3.63) is 69.6 Å². The summed E-state index contributed by atoms with van der Waals surface area (Å²) in [6.45, 7) is 2.65. The molecule has 3 heterocycles. The van der Waals surface area contributed by atoms with Gasteiger partial charge in [0.15, 0.2) is 5.60 Å². The molecular weight excluding hydrogens is 344 g/mol. The van der Waals surface area contributed by atoms with Crippen LogP contribution in [0, 0.1) is 6.92 Å². The first-order valence-corrected chi connectivity index (χ1v) is 7.92. The van der Waals surface area contributed by atoms with Crippen LogP contribution in [0.25, 0.3) is 5.65 Å². The van der Waals surface area contributed by atoms with Crippen LogP contribution in [-0.2, 0) is 16.9 Å². The van der Waals surface area contributed by atoms with Gasteiger partial charge in [-0.15, -0.1) is 0 Å². The van der Waals surface area contributed by atoms with E-state index in [0.717, 1.165) is 32.6 Å². The smallest absolute Gasteiger partial charge is 0.155 e. The predicted octanol–water partition coefficient (Wildman–Crippen LogP) is 3.17. The van der Waals surface area contributed by atoms with Crippen LogP contribution in [0.4, 0.5) is 0 Å². The summed E-state index contributed by atoms with van der Waals surface area (Å²) in [4.78, 5) is 4.60. The Kier molecular flexibility index (Phi) is 3.11. The number of benzene rings is 1. The molecule has 5 heteroatoms. The number of rotatable bonds is 1. The highest BCUT2D eigenvalue weighted by Gasteiger charge is 2.41. The molecule has 112 valence electrons. The summed E-state index contributed by atoms with van der Waals surface area (Å²) >= 11 is 3.49. The summed E-state index contributed by atoms with van der Waals surface area (Å²) in [6.07, 6.45) is 1.94. The Hall–Kier alpha value is -1.69.